The van der Waals surface area contributed by atoms with Crippen LogP contribution in [-0.4, -0.2) is 68.0 Å². The SMILES string of the molecule is CN(C)CCCN(C)c1ccccc1C1SC(CC=O)C(=O)N1CCC(C)(C)C. The summed E-state index contributed by atoms with van der Waals surface area (Å²) in [4.78, 5) is 30.7. The van der Waals surface area contributed by atoms with Crippen LogP contribution in [0.3, 0.4) is 0 Å². The number of para-hydroxylation sites is 1. The van der Waals surface area contributed by atoms with E-state index in [1.165, 1.54) is 11.3 Å². The van der Waals surface area contributed by atoms with Crippen molar-refractivity contribution >= 4 is 29.6 Å². The van der Waals surface area contributed by atoms with Crippen molar-refractivity contribution in [1.82, 2.24) is 9.80 Å². The van der Waals surface area contributed by atoms with Crippen molar-refractivity contribution in [2.45, 2.75) is 50.7 Å². The fourth-order valence-corrected chi connectivity index (χ4v) is 5.00. The lowest BCUT2D eigenvalue weighted by Crippen LogP contribution is -2.34. The van der Waals surface area contributed by atoms with Gasteiger partial charge in [-0.05, 0) is 45.0 Å². The summed E-state index contributed by atoms with van der Waals surface area (Å²) >= 11 is 1.63. The number of hydrogen-bond donors (Lipinski definition) is 0. The van der Waals surface area contributed by atoms with Crippen LogP contribution >= 0.6 is 11.8 Å². The summed E-state index contributed by atoms with van der Waals surface area (Å²) in [5.41, 5.74) is 2.49. The number of hydrogen-bond acceptors (Lipinski definition) is 5. The normalized spacial score (nSPS) is 19.8. The molecule has 0 aromatic heterocycles. The molecule has 1 saturated heterocycles. The predicted molar refractivity (Wildman–Crippen MR) is 123 cm³/mol. The van der Waals surface area contributed by atoms with Gasteiger partial charge in [0.2, 0.25) is 5.91 Å². The maximum absolute atomic E-state index is 13.1. The van der Waals surface area contributed by atoms with Gasteiger partial charge in [-0.15, -0.1) is 11.8 Å². The maximum atomic E-state index is 13.1. The molecule has 0 radical (unpaired) electrons. The van der Waals surface area contributed by atoms with Crippen LogP contribution in [0.4, 0.5) is 5.69 Å². The van der Waals surface area contributed by atoms with Crippen LogP contribution in [0.5, 0.6) is 0 Å². The number of anilines is 1. The van der Waals surface area contributed by atoms with Gasteiger partial charge in [0.1, 0.15) is 11.7 Å². The van der Waals surface area contributed by atoms with Gasteiger partial charge in [0.25, 0.3) is 0 Å². The van der Waals surface area contributed by atoms with Crippen LogP contribution in [0.2, 0.25) is 0 Å². The average molecular weight is 420 g/mol. The van der Waals surface area contributed by atoms with E-state index in [1.54, 1.807) is 11.8 Å². The van der Waals surface area contributed by atoms with Crippen LogP contribution in [-0.2, 0) is 9.59 Å². The Morgan fingerprint density at radius 1 is 1.14 bits per heavy atom. The lowest BCUT2D eigenvalue weighted by Gasteiger charge is -2.31. The van der Waals surface area contributed by atoms with Gasteiger partial charge in [-0.1, -0.05) is 39.0 Å². The molecule has 1 fully saturated rings. The second-order valence-electron chi connectivity index (χ2n) is 9.36. The molecular weight excluding hydrogens is 382 g/mol. The van der Waals surface area contributed by atoms with Gasteiger partial charge in [-0.3, -0.25) is 4.79 Å². The van der Waals surface area contributed by atoms with Crippen LogP contribution < -0.4 is 4.90 Å². The standard InChI is InChI=1S/C23H37N3O2S/c1-23(2,3)13-16-26-21(28)20(12-17-27)29-22(26)18-10-7-8-11-19(18)25(6)15-9-14-24(4)5/h7-8,10-11,17,20,22H,9,12-16H2,1-6H3. The molecule has 1 aliphatic heterocycles. The number of aldehydes is 1. The first-order valence-electron chi connectivity index (χ1n) is 10.5. The van der Waals surface area contributed by atoms with Crippen molar-refractivity contribution in [1.29, 1.82) is 0 Å². The van der Waals surface area contributed by atoms with E-state index in [-0.39, 0.29) is 28.4 Å². The Balaban J connectivity index is 2.26. The summed E-state index contributed by atoms with van der Waals surface area (Å²) in [6.45, 7) is 9.32. The number of rotatable bonds is 10. The molecule has 1 aromatic rings. The molecule has 2 unspecified atom stereocenters. The highest BCUT2D eigenvalue weighted by molar-refractivity contribution is 8.01. The molecular formula is C23H37N3O2S. The Labute approximate surface area is 180 Å². The number of amides is 1. The van der Waals surface area contributed by atoms with Gasteiger partial charge in [0.05, 0.1) is 5.25 Å². The minimum absolute atomic E-state index is 0.0395. The summed E-state index contributed by atoms with van der Waals surface area (Å²) in [7, 11) is 6.31. The molecule has 2 atom stereocenters. The van der Waals surface area contributed by atoms with Crippen molar-refractivity contribution in [2.24, 2.45) is 5.41 Å². The zero-order valence-corrected chi connectivity index (χ0v) is 19.7. The molecule has 2 rings (SSSR count). The fraction of sp³-hybridized carbons (Fsp3) is 0.652. The molecule has 1 aromatic carbocycles. The first-order chi connectivity index (χ1) is 13.6. The highest BCUT2D eigenvalue weighted by Gasteiger charge is 2.41. The smallest absolute Gasteiger partial charge is 0.237 e. The molecule has 1 amide bonds. The van der Waals surface area contributed by atoms with Gasteiger partial charge in [-0.25, -0.2) is 0 Å². The zero-order valence-electron chi connectivity index (χ0n) is 18.9. The molecule has 6 heteroatoms. The van der Waals surface area contributed by atoms with Crippen LogP contribution in [0.15, 0.2) is 24.3 Å². The van der Waals surface area contributed by atoms with Gasteiger partial charge in [0.15, 0.2) is 0 Å². The van der Waals surface area contributed by atoms with Gasteiger partial charge < -0.3 is 19.5 Å². The van der Waals surface area contributed by atoms with Gasteiger partial charge in [0, 0.05) is 37.8 Å². The summed E-state index contributed by atoms with van der Waals surface area (Å²) in [6, 6.07) is 8.39. The van der Waals surface area contributed by atoms with Crippen LogP contribution in [0, 0.1) is 5.41 Å². The highest BCUT2D eigenvalue weighted by atomic mass is 32.2. The minimum atomic E-state index is -0.274. The molecule has 162 valence electrons. The summed E-state index contributed by atoms with van der Waals surface area (Å²) in [5, 5.41) is -0.313. The van der Waals surface area contributed by atoms with Crippen LogP contribution in [0.1, 0.15) is 51.0 Å². The lowest BCUT2D eigenvalue weighted by molar-refractivity contribution is -0.131. The molecule has 0 bridgehead atoms. The van der Waals surface area contributed by atoms with E-state index in [0.29, 0.717) is 6.54 Å². The van der Waals surface area contributed by atoms with Crippen molar-refractivity contribution < 1.29 is 9.59 Å². The first-order valence-corrected chi connectivity index (χ1v) is 11.4. The second kappa shape index (κ2) is 10.5. The predicted octanol–water partition coefficient (Wildman–Crippen LogP) is 4.04. The van der Waals surface area contributed by atoms with Gasteiger partial charge in [-0.2, -0.15) is 0 Å². The number of benzene rings is 1. The maximum Gasteiger partial charge on any atom is 0.237 e. The van der Waals surface area contributed by atoms with E-state index >= 15 is 0 Å². The molecule has 1 aliphatic rings. The van der Waals surface area contributed by atoms with E-state index in [2.05, 4.69) is 69.9 Å². The molecule has 0 aliphatic carbocycles. The molecule has 0 spiro atoms. The quantitative estimate of drug-likeness (QED) is 0.536. The third-order valence-electron chi connectivity index (χ3n) is 5.26. The van der Waals surface area contributed by atoms with Crippen LogP contribution in [0.25, 0.3) is 0 Å². The molecule has 0 N–H and O–H groups in total. The monoisotopic (exact) mass is 419 g/mol. The largest absolute Gasteiger partial charge is 0.374 e. The topological polar surface area (TPSA) is 43.9 Å². The van der Waals surface area contributed by atoms with Crippen molar-refractivity contribution in [2.75, 3.05) is 45.7 Å². The van der Waals surface area contributed by atoms with Crippen molar-refractivity contribution in [3.05, 3.63) is 29.8 Å². The first kappa shape index (κ1) is 23.7. The minimum Gasteiger partial charge on any atom is -0.374 e. The number of nitrogens with zero attached hydrogens (tertiary/aromatic N) is 3. The Hall–Kier alpha value is -1.53. The summed E-state index contributed by atoms with van der Waals surface area (Å²) < 4.78 is 0. The van der Waals surface area contributed by atoms with E-state index < -0.39 is 0 Å². The summed E-state index contributed by atoms with van der Waals surface area (Å²) in [5.74, 6) is 0.0985. The lowest BCUT2D eigenvalue weighted by atomic mass is 9.92. The Kier molecular flexibility index (Phi) is 8.58. The Bertz CT molecular complexity index is 687. The van der Waals surface area contributed by atoms with E-state index in [9.17, 15) is 9.59 Å². The van der Waals surface area contributed by atoms with Gasteiger partial charge >= 0.3 is 0 Å². The third kappa shape index (κ3) is 6.75. The zero-order chi connectivity index (χ0) is 21.6. The fourth-order valence-electron chi connectivity index (χ4n) is 3.54. The van der Waals surface area contributed by atoms with E-state index in [1.807, 2.05) is 11.0 Å². The molecule has 5 nitrogen and oxygen atoms in total. The van der Waals surface area contributed by atoms with E-state index in [0.717, 1.165) is 32.2 Å². The number of thioether (sulfide) groups is 1. The molecule has 29 heavy (non-hydrogen) atoms. The average Bonchev–Trinajstić information content (AvgIpc) is 2.95. The second-order valence-corrected chi connectivity index (χ2v) is 10.6. The Morgan fingerprint density at radius 3 is 2.45 bits per heavy atom. The number of carbonyl (C=O) groups is 2. The number of carbonyl (C=O) groups excluding carboxylic acids is 2. The Morgan fingerprint density at radius 2 is 1.83 bits per heavy atom. The summed E-state index contributed by atoms with van der Waals surface area (Å²) in [6.07, 6.45) is 3.17. The molecule has 1 heterocycles. The third-order valence-corrected chi connectivity index (χ3v) is 6.75. The van der Waals surface area contributed by atoms with E-state index in [4.69, 9.17) is 0 Å². The van der Waals surface area contributed by atoms with Crippen molar-refractivity contribution in [3.63, 3.8) is 0 Å². The highest BCUT2D eigenvalue weighted by Crippen LogP contribution is 2.47. The molecule has 0 saturated carbocycles. The van der Waals surface area contributed by atoms with Crippen molar-refractivity contribution in [3.8, 4) is 0 Å².